The fraction of sp³-hybridized carbons (Fsp3) is 0.0556. The van der Waals surface area contributed by atoms with Crippen molar-refractivity contribution in [3.8, 4) is 11.3 Å². The molecular formula is C18H14N4O2. The van der Waals surface area contributed by atoms with Crippen LogP contribution in [0.2, 0.25) is 0 Å². The van der Waals surface area contributed by atoms with E-state index >= 15 is 0 Å². The van der Waals surface area contributed by atoms with E-state index in [-0.39, 0.29) is 11.9 Å². The molecule has 0 saturated carbocycles. The highest BCUT2D eigenvalue weighted by atomic mass is 16.4. The van der Waals surface area contributed by atoms with Gasteiger partial charge in [0.05, 0.1) is 29.1 Å². The zero-order valence-electron chi connectivity index (χ0n) is 12.9. The van der Waals surface area contributed by atoms with Crippen LogP contribution in [-0.2, 0) is 7.05 Å². The molecule has 0 aliphatic carbocycles. The molecule has 6 nitrogen and oxygen atoms in total. The molecule has 2 aromatic carbocycles. The molecule has 0 aliphatic heterocycles. The number of aryl methyl sites for hydroxylation is 1. The Morgan fingerprint density at radius 2 is 1.92 bits per heavy atom. The van der Waals surface area contributed by atoms with Crippen molar-refractivity contribution < 1.29 is 9.21 Å². The third kappa shape index (κ3) is 2.44. The number of nitrogens with one attached hydrogen (secondary N) is 1. The highest BCUT2D eigenvalue weighted by Gasteiger charge is 2.16. The van der Waals surface area contributed by atoms with E-state index in [1.54, 1.807) is 24.7 Å². The summed E-state index contributed by atoms with van der Waals surface area (Å²) in [4.78, 5) is 21.0. The summed E-state index contributed by atoms with van der Waals surface area (Å²) in [6.45, 7) is 0. The SMILES string of the molecule is Cn1cnc2cccc(C(=O)Nc3ncc(-c4ccccc4)o3)c21. The lowest BCUT2D eigenvalue weighted by Crippen LogP contribution is -2.13. The molecule has 1 amide bonds. The van der Waals surface area contributed by atoms with Crippen LogP contribution >= 0.6 is 0 Å². The Balaban J connectivity index is 1.63. The summed E-state index contributed by atoms with van der Waals surface area (Å²) in [5, 5.41) is 2.70. The Morgan fingerprint density at radius 3 is 2.75 bits per heavy atom. The van der Waals surface area contributed by atoms with Crippen molar-refractivity contribution in [2.24, 2.45) is 7.05 Å². The maximum absolute atomic E-state index is 12.6. The summed E-state index contributed by atoms with van der Waals surface area (Å²) in [5.74, 6) is 0.315. The molecule has 118 valence electrons. The number of hydrogen-bond donors (Lipinski definition) is 1. The van der Waals surface area contributed by atoms with Crippen molar-refractivity contribution in [3.63, 3.8) is 0 Å². The van der Waals surface area contributed by atoms with E-state index in [1.165, 1.54) is 0 Å². The summed E-state index contributed by atoms with van der Waals surface area (Å²) in [6, 6.07) is 15.2. The molecule has 0 spiro atoms. The first-order valence-electron chi connectivity index (χ1n) is 7.45. The lowest BCUT2D eigenvalue weighted by molar-refractivity contribution is 0.102. The molecule has 2 aromatic heterocycles. The van der Waals surface area contributed by atoms with Crippen LogP contribution < -0.4 is 5.32 Å². The van der Waals surface area contributed by atoms with Crippen molar-refractivity contribution in [1.29, 1.82) is 0 Å². The van der Waals surface area contributed by atoms with E-state index in [2.05, 4.69) is 15.3 Å². The minimum atomic E-state index is -0.286. The van der Waals surface area contributed by atoms with E-state index in [0.717, 1.165) is 16.6 Å². The van der Waals surface area contributed by atoms with E-state index in [0.29, 0.717) is 11.3 Å². The van der Waals surface area contributed by atoms with Gasteiger partial charge in [-0.1, -0.05) is 36.4 Å². The van der Waals surface area contributed by atoms with Crippen molar-refractivity contribution in [3.05, 3.63) is 66.6 Å². The highest BCUT2D eigenvalue weighted by molar-refractivity contribution is 6.10. The molecule has 0 bridgehead atoms. The molecule has 4 rings (SSSR count). The molecule has 6 heteroatoms. The average molecular weight is 318 g/mol. The monoisotopic (exact) mass is 318 g/mol. The second-order valence-electron chi connectivity index (χ2n) is 5.38. The Hall–Kier alpha value is -3.41. The van der Waals surface area contributed by atoms with Gasteiger partial charge in [0, 0.05) is 12.6 Å². The van der Waals surface area contributed by atoms with Crippen molar-refractivity contribution in [2.75, 3.05) is 5.32 Å². The predicted octanol–water partition coefficient (Wildman–Crippen LogP) is 3.48. The number of nitrogens with zero attached hydrogens (tertiary/aromatic N) is 3. The largest absolute Gasteiger partial charge is 0.423 e. The third-order valence-corrected chi connectivity index (χ3v) is 3.77. The number of imidazole rings is 1. The minimum absolute atomic E-state index is 0.165. The van der Waals surface area contributed by atoms with Crippen LogP contribution in [0.1, 0.15) is 10.4 Å². The van der Waals surface area contributed by atoms with Crippen molar-refractivity contribution in [1.82, 2.24) is 14.5 Å². The van der Waals surface area contributed by atoms with Crippen LogP contribution in [0.15, 0.2) is 65.5 Å². The maximum Gasteiger partial charge on any atom is 0.302 e. The summed E-state index contributed by atoms with van der Waals surface area (Å²) in [6.07, 6.45) is 3.27. The number of rotatable bonds is 3. The number of carbonyl (C=O) groups excluding carboxylic acids is 1. The van der Waals surface area contributed by atoms with Gasteiger partial charge in [-0.15, -0.1) is 0 Å². The summed E-state index contributed by atoms with van der Waals surface area (Å²) in [5.41, 5.74) is 2.96. The normalized spacial score (nSPS) is 10.9. The first-order valence-corrected chi connectivity index (χ1v) is 7.45. The fourth-order valence-electron chi connectivity index (χ4n) is 2.63. The molecule has 2 heterocycles. The van der Waals surface area contributed by atoms with E-state index in [1.807, 2.05) is 48.0 Å². The van der Waals surface area contributed by atoms with Crippen molar-refractivity contribution >= 4 is 23.0 Å². The molecule has 1 N–H and O–H groups in total. The summed E-state index contributed by atoms with van der Waals surface area (Å²) >= 11 is 0. The number of amides is 1. The molecule has 0 aliphatic rings. The van der Waals surface area contributed by atoms with Gasteiger partial charge in [0.25, 0.3) is 5.91 Å². The van der Waals surface area contributed by atoms with Gasteiger partial charge in [0.2, 0.25) is 0 Å². The van der Waals surface area contributed by atoms with Gasteiger partial charge < -0.3 is 8.98 Å². The van der Waals surface area contributed by atoms with Gasteiger partial charge >= 0.3 is 6.01 Å². The fourth-order valence-corrected chi connectivity index (χ4v) is 2.63. The molecular weight excluding hydrogens is 304 g/mol. The first-order chi connectivity index (χ1) is 11.7. The smallest absolute Gasteiger partial charge is 0.302 e. The number of oxazole rings is 1. The number of aromatic nitrogens is 3. The zero-order chi connectivity index (χ0) is 16.5. The lowest BCUT2D eigenvalue weighted by atomic mass is 10.1. The Labute approximate surface area is 137 Å². The summed E-state index contributed by atoms with van der Waals surface area (Å²) in [7, 11) is 1.85. The molecule has 0 saturated heterocycles. The Kier molecular flexibility index (Phi) is 3.35. The quantitative estimate of drug-likeness (QED) is 0.627. The second-order valence-corrected chi connectivity index (χ2v) is 5.38. The van der Waals surface area contributed by atoms with Crippen LogP contribution in [0, 0.1) is 0 Å². The van der Waals surface area contributed by atoms with Crippen LogP contribution in [0.3, 0.4) is 0 Å². The van der Waals surface area contributed by atoms with Crippen LogP contribution in [-0.4, -0.2) is 20.4 Å². The molecule has 4 aromatic rings. The molecule has 0 radical (unpaired) electrons. The standard InChI is InChI=1S/C18H14N4O2/c1-22-11-20-14-9-5-8-13(16(14)22)17(23)21-18-19-10-15(24-18)12-6-3-2-4-7-12/h2-11H,1H3,(H,19,21,23). The lowest BCUT2D eigenvalue weighted by Gasteiger charge is -2.04. The van der Waals surface area contributed by atoms with Gasteiger partial charge in [-0.25, -0.2) is 9.97 Å². The molecule has 24 heavy (non-hydrogen) atoms. The predicted molar refractivity (Wildman–Crippen MR) is 90.6 cm³/mol. The summed E-state index contributed by atoms with van der Waals surface area (Å²) < 4.78 is 7.43. The number of anilines is 1. The number of benzene rings is 2. The highest BCUT2D eigenvalue weighted by Crippen LogP contribution is 2.23. The van der Waals surface area contributed by atoms with Crippen LogP contribution in [0.25, 0.3) is 22.4 Å². The molecule has 0 unspecified atom stereocenters. The molecule has 0 fully saturated rings. The van der Waals surface area contributed by atoms with E-state index in [9.17, 15) is 4.79 Å². The maximum atomic E-state index is 12.6. The van der Waals surface area contributed by atoms with Crippen LogP contribution in [0.4, 0.5) is 6.01 Å². The van der Waals surface area contributed by atoms with Gasteiger partial charge in [-0.2, -0.15) is 0 Å². The number of para-hydroxylation sites is 1. The third-order valence-electron chi connectivity index (χ3n) is 3.77. The molecule has 0 atom stereocenters. The van der Waals surface area contributed by atoms with E-state index < -0.39 is 0 Å². The number of hydrogen-bond acceptors (Lipinski definition) is 4. The minimum Gasteiger partial charge on any atom is -0.423 e. The Bertz CT molecular complexity index is 1020. The number of carbonyl (C=O) groups is 1. The average Bonchev–Trinajstić information content (AvgIpc) is 3.23. The van der Waals surface area contributed by atoms with Gasteiger partial charge in [0.1, 0.15) is 0 Å². The first kappa shape index (κ1) is 14.2. The second kappa shape index (κ2) is 5.66. The van der Waals surface area contributed by atoms with Gasteiger partial charge in [-0.3, -0.25) is 10.1 Å². The van der Waals surface area contributed by atoms with Crippen molar-refractivity contribution in [2.45, 2.75) is 0 Å². The van der Waals surface area contributed by atoms with Crippen LogP contribution in [0.5, 0.6) is 0 Å². The van der Waals surface area contributed by atoms with E-state index in [4.69, 9.17) is 4.42 Å². The zero-order valence-corrected chi connectivity index (χ0v) is 12.9. The van der Waals surface area contributed by atoms with Gasteiger partial charge in [0.15, 0.2) is 5.76 Å². The topological polar surface area (TPSA) is 73.0 Å². The Morgan fingerprint density at radius 1 is 1.08 bits per heavy atom. The van der Waals surface area contributed by atoms with Gasteiger partial charge in [-0.05, 0) is 12.1 Å². The number of fused-ring (bicyclic) bond motifs is 1.